The van der Waals surface area contributed by atoms with Crippen LogP contribution in [0.2, 0.25) is 0 Å². The molecule has 1 aromatic carbocycles. The first-order valence-corrected chi connectivity index (χ1v) is 10.0. The molecule has 29 heavy (non-hydrogen) atoms. The van der Waals surface area contributed by atoms with Gasteiger partial charge in [0.2, 0.25) is 0 Å². The zero-order valence-corrected chi connectivity index (χ0v) is 16.5. The van der Waals surface area contributed by atoms with E-state index >= 15 is 0 Å². The number of carbonyl (C=O) groups excluding carboxylic acids is 2. The Morgan fingerprint density at radius 3 is 2.24 bits per heavy atom. The summed E-state index contributed by atoms with van der Waals surface area (Å²) in [4.78, 5) is 28.5. The molecule has 1 aliphatic rings. The Morgan fingerprint density at radius 1 is 1.24 bits per heavy atom. The van der Waals surface area contributed by atoms with E-state index in [1.165, 1.54) is 14.0 Å². The standard InChI is InChI=1S/C14H15ClFN3O3.F6P/c1-14(13(21)22-2,18-12(20)11(15)16)7-19-8-17-9-5-3-4-6-10(9)19;1-7(2,3,4,5)6/h3-6,8,11H,7H2,1-2H3,(H,18,20);/q;-1/p+1. The average molecular weight is 474 g/mol. The van der Waals surface area contributed by atoms with E-state index in [4.69, 9.17) is 16.3 Å². The Kier molecular flexibility index (Phi) is 6.65. The van der Waals surface area contributed by atoms with Crippen molar-refractivity contribution in [3.8, 4) is 0 Å². The molecule has 0 saturated heterocycles. The van der Waals surface area contributed by atoms with Crippen molar-refractivity contribution in [1.29, 1.82) is 0 Å². The first-order valence-electron chi connectivity index (χ1n) is 7.56. The van der Waals surface area contributed by atoms with E-state index in [0.29, 0.717) is 0 Å². The molecule has 0 radical (unpaired) electrons. The van der Waals surface area contributed by atoms with Crippen LogP contribution in [0.5, 0.6) is 0 Å². The van der Waals surface area contributed by atoms with Crippen LogP contribution in [0.3, 0.4) is 0 Å². The molecule has 0 bridgehead atoms. The van der Waals surface area contributed by atoms with E-state index in [9.17, 15) is 39.2 Å². The molecule has 3 atom stereocenters. The van der Waals surface area contributed by atoms with Gasteiger partial charge in [-0.25, -0.2) is 9.18 Å². The van der Waals surface area contributed by atoms with Crippen molar-refractivity contribution >= 4 is 49.0 Å². The van der Waals surface area contributed by atoms with Gasteiger partial charge in [0.15, 0.2) is 17.6 Å². The van der Waals surface area contributed by atoms with Crippen molar-refractivity contribution in [2.45, 2.75) is 18.1 Å². The molecule has 0 fully saturated rings. The molecule has 3 unspecified atom stereocenters. The minimum absolute atomic E-state index is 0.107. The fraction of sp³-hybridized carbons (Fsp3) is 0.357. The third-order valence-corrected chi connectivity index (χ3v) is 3.58. The molecule has 6 nitrogen and oxygen atoms in total. The number of nitrogens with zero attached hydrogens (tertiary/aromatic N) is 1. The molecule has 2 rings (SSSR count). The summed E-state index contributed by atoms with van der Waals surface area (Å²) in [6.45, 7) is 1.56. The van der Waals surface area contributed by atoms with E-state index in [2.05, 4.69) is 10.3 Å². The van der Waals surface area contributed by atoms with Gasteiger partial charge in [0.1, 0.15) is 12.2 Å². The van der Waals surface area contributed by atoms with Gasteiger partial charge in [-0.2, -0.15) is 4.99 Å². The van der Waals surface area contributed by atoms with E-state index in [-0.39, 0.29) is 6.54 Å². The molecule has 1 aromatic rings. The van der Waals surface area contributed by atoms with Crippen LogP contribution in [0.4, 0.5) is 40.9 Å². The number of hydrogen-bond donors (Lipinski definition) is 2. The van der Waals surface area contributed by atoms with Crippen LogP contribution in [0.1, 0.15) is 6.92 Å². The number of fused-ring (bicyclic) bond motifs is 1. The Hall–Kier alpha value is -1.98. The van der Waals surface area contributed by atoms with Crippen LogP contribution < -0.4 is 10.2 Å². The Bertz CT molecular complexity index is 809. The summed E-state index contributed by atoms with van der Waals surface area (Å²) >= 11 is 5.12. The second-order valence-electron chi connectivity index (χ2n) is 6.05. The minimum atomic E-state index is -10.7. The number of alkyl halides is 2. The maximum atomic E-state index is 12.9. The van der Waals surface area contributed by atoms with Crippen molar-refractivity contribution < 1.29 is 48.8 Å². The molecule has 1 amide bonds. The molecule has 166 valence electrons. The second kappa shape index (κ2) is 7.69. The zero-order valence-electron chi connectivity index (χ0n) is 14.8. The summed E-state index contributed by atoms with van der Waals surface area (Å²) in [5, 5.41) is 2.30. The summed E-state index contributed by atoms with van der Waals surface area (Å²) in [6.07, 6.45) is 1.62. The van der Waals surface area contributed by atoms with E-state index in [1.807, 2.05) is 24.3 Å². The van der Waals surface area contributed by atoms with Gasteiger partial charge < -0.3 is 10.1 Å². The molecular formula is C14H16ClF7N3O3P. The SMILES string of the molecule is COC(=O)C(C)(C[NH+]1C=Nc2ccccc21)NC(=O)C(F)Cl.F[P-](F)(F)(F)(F)F. The van der Waals surface area contributed by atoms with Gasteiger partial charge in [-0.05, 0) is 13.0 Å². The first-order chi connectivity index (χ1) is 12.8. The van der Waals surface area contributed by atoms with Crippen molar-refractivity contribution in [2.24, 2.45) is 4.99 Å². The number of methoxy groups -OCH3 is 1. The van der Waals surface area contributed by atoms with Crippen LogP contribution in [0, 0.1) is 0 Å². The Morgan fingerprint density at radius 2 is 1.76 bits per heavy atom. The number of para-hydroxylation sites is 2. The summed E-state index contributed by atoms with van der Waals surface area (Å²) < 4.78 is 76.8. The van der Waals surface area contributed by atoms with Crippen molar-refractivity contribution in [3.05, 3.63) is 24.3 Å². The second-order valence-corrected chi connectivity index (χ2v) is 8.35. The van der Waals surface area contributed by atoms with E-state index < -0.39 is 30.9 Å². The van der Waals surface area contributed by atoms with E-state index in [1.54, 1.807) is 6.34 Å². The molecule has 0 saturated carbocycles. The first kappa shape index (κ1) is 25.1. The van der Waals surface area contributed by atoms with Gasteiger partial charge in [-0.1, -0.05) is 23.7 Å². The van der Waals surface area contributed by atoms with Gasteiger partial charge >= 0.3 is 39.0 Å². The normalized spacial score (nSPS) is 20.7. The monoisotopic (exact) mass is 473 g/mol. The van der Waals surface area contributed by atoms with Gasteiger partial charge in [-0.15, -0.1) is 0 Å². The molecular weight excluding hydrogens is 458 g/mol. The Balaban J connectivity index is 0.000000516. The quantitative estimate of drug-likeness (QED) is 0.295. The van der Waals surface area contributed by atoms with Gasteiger partial charge in [0, 0.05) is 6.07 Å². The number of amides is 1. The number of hydrogen-bond acceptors (Lipinski definition) is 4. The van der Waals surface area contributed by atoms with Crippen molar-refractivity contribution in [1.82, 2.24) is 5.32 Å². The number of nitrogens with one attached hydrogen (secondary N) is 2. The fourth-order valence-electron chi connectivity index (χ4n) is 2.32. The van der Waals surface area contributed by atoms with Crippen LogP contribution in [0.25, 0.3) is 0 Å². The summed E-state index contributed by atoms with van der Waals surface area (Å²) in [5.74, 6) is -1.78. The molecule has 1 aliphatic heterocycles. The van der Waals surface area contributed by atoms with Gasteiger partial charge in [0.25, 0.3) is 11.5 Å². The van der Waals surface area contributed by atoms with Crippen molar-refractivity contribution in [3.63, 3.8) is 0 Å². The van der Waals surface area contributed by atoms with Crippen LogP contribution in [-0.2, 0) is 14.3 Å². The van der Waals surface area contributed by atoms with Crippen LogP contribution >= 0.6 is 19.4 Å². The number of esters is 1. The number of rotatable bonds is 5. The van der Waals surface area contributed by atoms with Gasteiger partial charge in [-0.3, -0.25) is 9.69 Å². The number of quaternary nitrogens is 1. The summed E-state index contributed by atoms with van der Waals surface area (Å²) in [6, 6.07) is 7.39. The molecule has 0 spiro atoms. The predicted octanol–water partition coefficient (Wildman–Crippen LogP) is 3.84. The maximum absolute atomic E-state index is 12.9. The predicted molar refractivity (Wildman–Crippen MR) is 93.0 cm³/mol. The van der Waals surface area contributed by atoms with Gasteiger partial charge in [0.05, 0.1) is 7.11 Å². The Labute approximate surface area is 164 Å². The molecule has 2 N–H and O–H groups in total. The van der Waals surface area contributed by atoms with E-state index in [0.717, 1.165) is 16.3 Å². The molecule has 1 heterocycles. The molecule has 0 aromatic heterocycles. The number of benzene rings is 1. The topological polar surface area (TPSA) is 72.2 Å². The van der Waals surface area contributed by atoms with Crippen LogP contribution in [-0.4, -0.2) is 43.0 Å². The number of carbonyl (C=O) groups is 2. The third kappa shape index (κ3) is 9.37. The van der Waals surface area contributed by atoms with Crippen LogP contribution in [0.15, 0.2) is 29.3 Å². The fourth-order valence-corrected chi connectivity index (χ4v) is 2.37. The summed E-state index contributed by atoms with van der Waals surface area (Å²) in [7, 11) is -9.46. The molecule has 15 heteroatoms. The van der Waals surface area contributed by atoms with Crippen molar-refractivity contribution in [2.75, 3.05) is 13.7 Å². The summed E-state index contributed by atoms with van der Waals surface area (Å²) in [5.41, 5.74) is -2.05. The number of aliphatic imine (C=N–C) groups is 1. The number of halogens is 8. The number of ether oxygens (including phenoxy) is 1. The third-order valence-electron chi connectivity index (χ3n) is 3.39. The molecule has 0 aliphatic carbocycles. The average Bonchev–Trinajstić information content (AvgIpc) is 2.94. The zero-order chi connectivity index (χ0) is 22.7.